The number of halogens is 1. The van der Waals surface area contributed by atoms with E-state index in [9.17, 15) is 0 Å². The molecule has 0 spiro atoms. The zero-order chi connectivity index (χ0) is 12.2. The Morgan fingerprint density at radius 2 is 2.06 bits per heavy atom. The van der Waals surface area contributed by atoms with Gasteiger partial charge in [0.2, 0.25) is 0 Å². The van der Waals surface area contributed by atoms with Gasteiger partial charge in [0.25, 0.3) is 0 Å². The zero-order valence-corrected chi connectivity index (χ0v) is 12.9. The minimum atomic E-state index is 0.317. The molecule has 0 saturated carbocycles. The van der Waals surface area contributed by atoms with Gasteiger partial charge in [0.1, 0.15) is 0 Å². The highest BCUT2D eigenvalue weighted by atomic mass is 79.9. The molecule has 0 atom stereocenters. The van der Waals surface area contributed by atoms with Crippen LogP contribution in [0.15, 0.2) is 15.9 Å². The van der Waals surface area contributed by atoms with Crippen LogP contribution >= 0.6 is 27.3 Å². The van der Waals surface area contributed by atoms with E-state index >= 15 is 0 Å². The van der Waals surface area contributed by atoms with Crippen LogP contribution in [0.4, 0.5) is 0 Å². The van der Waals surface area contributed by atoms with E-state index < -0.39 is 0 Å². The number of hydrogen-bond acceptors (Lipinski definition) is 3. The van der Waals surface area contributed by atoms with E-state index in [2.05, 4.69) is 66.2 Å². The van der Waals surface area contributed by atoms with Gasteiger partial charge in [-0.2, -0.15) is 0 Å². The lowest BCUT2D eigenvalue weighted by atomic mass is 9.93. The average Bonchev–Trinajstić information content (AvgIpc) is 2.48. The SMILES string of the molecule is CN(C)CC(C)(C)CNCc1ccc(Br)s1. The summed E-state index contributed by atoms with van der Waals surface area (Å²) < 4.78 is 1.21. The van der Waals surface area contributed by atoms with E-state index in [1.807, 2.05) is 0 Å². The Morgan fingerprint density at radius 3 is 2.56 bits per heavy atom. The molecule has 4 heteroatoms. The van der Waals surface area contributed by atoms with E-state index in [0.29, 0.717) is 5.41 Å². The molecule has 16 heavy (non-hydrogen) atoms. The molecule has 0 radical (unpaired) electrons. The summed E-state index contributed by atoms with van der Waals surface area (Å²) in [5, 5.41) is 3.52. The third-order valence-electron chi connectivity index (χ3n) is 2.28. The molecular weight excluding hydrogens is 284 g/mol. The summed E-state index contributed by atoms with van der Waals surface area (Å²) >= 11 is 5.28. The molecular formula is C12H21BrN2S. The number of hydrogen-bond donors (Lipinski definition) is 1. The lowest BCUT2D eigenvalue weighted by molar-refractivity contribution is 0.232. The van der Waals surface area contributed by atoms with Crippen LogP contribution in [0.1, 0.15) is 18.7 Å². The van der Waals surface area contributed by atoms with Gasteiger partial charge in [-0.25, -0.2) is 0 Å². The van der Waals surface area contributed by atoms with E-state index in [1.165, 1.54) is 8.66 Å². The van der Waals surface area contributed by atoms with E-state index in [-0.39, 0.29) is 0 Å². The predicted octanol–water partition coefficient (Wildman–Crippen LogP) is 3.19. The first kappa shape index (κ1) is 14.2. The summed E-state index contributed by atoms with van der Waals surface area (Å²) in [6.07, 6.45) is 0. The van der Waals surface area contributed by atoms with Crippen molar-refractivity contribution in [1.29, 1.82) is 0 Å². The van der Waals surface area contributed by atoms with Crippen molar-refractivity contribution in [2.24, 2.45) is 5.41 Å². The van der Waals surface area contributed by atoms with Crippen LogP contribution in [0.2, 0.25) is 0 Å². The maximum Gasteiger partial charge on any atom is 0.0701 e. The largest absolute Gasteiger partial charge is 0.311 e. The van der Waals surface area contributed by atoms with Crippen LogP contribution in [-0.2, 0) is 6.54 Å². The third-order valence-corrected chi connectivity index (χ3v) is 3.90. The van der Waals surface area contributed by atoms with Crippen molar-refractivity contribution in [3.8, 4) is 0 Å². The number of thiophene rings is 1. The molecule has 0 fully saturated rings. The lowest BCUT2D eigenvalue weighted by Gasteiger charge is -2.28. The molecule has 1 heterocycles. The Balaban J connectivity index is 2.29. The van der Waals surface area contributed by atoms with Gasteiger partial charge in [-0.15, -0.1) is 11.3 Å². The van der Waals surface area contributed by atoms with Crippen LogP contribution < -0.4 is 5.32 Å². The average molecular weight is 305 g/mol. The Kier molecular flexibility index (Phi) is 5.44. The zero-order valence-electron chi connectivity index (χ0n) is 10.5. The molecule has 0 aliphatic rings. The smallest absolute Gasteiger partial charge is 0.0701 e. The quantitative estimate of drug-likeness (QED) is 0.868. The molecule has 0 saturated heterocycles. The normalized spacial score (nSPS) is 12.4. The predicted molar refractivity (Wildman–Crippen MR) is 76.1 cm³/mol. The maximum atomic E-state index is 3.52. The van der Waals surface area contributed by atoms with Crippen LogP contribution in [-0.4, -0.2) is 32.1 Å². The molecule has 0 unspecified atom stereocenters. The third kappa shape index (κ3) is 5.43. The highest BCUT2D eigenvalue weighted by Gasteiger charge is 2.18. The van der Waals surface area contributed by atoms with E-state index in [0.717, 1.165) is 19.6 Å². The fourth-order valence-corrected chi connectivity index (χ4v) is 3.34. The summed E-state index contributed by atoms with van der Waals surface area (Å²) in [4.78, 5) is 3.62. The van der Waals surface area contributed by atoms with Crippen LogP contribution in [0.5, 0.6) is 0 Å². The van der Waals surface area contributed by atoms with Gasteiger partial charge in [0, 0.05) is 24.5 Å². The number of rotatable bonds is 6. The van der Waals surface area contributed by atoms with Crippen molar-refractivity contribution in [3.05, 3.63) is 20.8 Å². The van der Waals surface area contributed by atoms with Gasteiger partial charge >= 0.3 is 0 Å². The summed E-state index contributed by atoms with van der Waals surface area (Å²) in [7, 11) is 4.25. The fourth-order valence-electron chi connectivity index (χ4n) is 1.88. The minimum Gasteiger partial charge on any atom is -0.311 e. The lowest BCUT2D eigenvalue weighted by Crippen LogP contribution is -2.37. The van der Waals surface area contributed by atoms with Crippen molar-refractivity contribution in [2.75, 3.05) is 27.2 Å². The van der Waals surface area contributed by atoms with Crippen molar-refractivity contribution in [2.45, 2.75) is 20.4 Å². The second-order valence-corrected chi connectivity index (χ2v) is 7.76. The number of nitrogens with one attached hydrogen (secondary N) is 1. The van der Waals surface area contributed by atoms with Crippen molar-refractivity contribution < 1.29 is 0 Å². The Morgan fingerprint density at radius 1 is 1.38 bits per heavy atom. The highest BCUT2D eigenvalue weighted by molar-refractivity contribution is 9.11. The molecule has 1 aromatic rings. The topological polar surface area (TPSA) is 15.3 Å². The molecule has 1 aromatic heterocycles. The summed E-state index contributed by atoms with van der Waals surface area (Å²) in [6.45, 7) is 7.70. The molecule has 0 amide bonds. The van der Waals surface area contributed by atoms with E-state index in [1.54, 1.807) is 11.3 Å². The Hall–Kier alpha value is 0.1000. The standard InChI is InChI=1S/C12H21BrN2S/c1-12(2,9-15(3)4)8-14-7-10-5-6-11(13)16-10/h5-6,14H,7-9H2,1-4H3. The summed E-state index contributed by atoms with van der Waals surface area (Å²) in [5.41, 5.74) is 0.317. The van der Waals surface area contributed by atoms with Crippen molar-refractivity contribution in [1.82, 2.24) is 10.2 Å². The molecule has 2 nitrogen and oxygen atoms in total. The van der Waals surface area contributed by atoms with Gasteiger partial charge in [-0.1, -0.05) is 13.8 Å². The van der Waals surface area contributed by atoms with E-state index in [4.69, 9.17) is 0 Å². The first-order valence-electron chi connectivity index (χ1n) is 5.49. The molecule has 0 bridgehead atoms. The summed E-state index contributed by atoms with van der Waals surface area (Å²) in [6, 6.07) is 4.27. The highest BCUT2D eigenvalue weighted by Crippen LogP contribution is 2.22. The van der Waals surface area contributed by atoms with Gasteiger partial charge in [-0.05, 0) is 47.6 Å². The van der Waals surface area contributed by atoms with Crippen LogP contribution in [0.25, 0.3) is 0 Å². The Bertz CT molecular complexity index is 321. The minimum absolute atomic E-state index is 0.317. The monoisotopic (exact) mass is 304 g/mol. The van der Waals surface area contributed by atoms with Gasteiger partial charge in [0.05, 0.1) is 3.79 Å². The van der Waals surface area contributed by atoms with Crippen molar-refractivity contribution in [3.63, 3.8) is 0 Å². The second kappa shape index (κ2) is 6.15. The first-order valence-corrected chi connectivity index (χ1v) is 7.10. The molecule has 92 valence electrons. The summed E-state index contributed by atoms with van der Waals surface area (Å²) in [5.74, 6) is 0. The van der Waals surface area contributed by atoms with Gasteiger partial charge in [-0.3, -0.25) is 0 Å². The first-order chi connectivity index (χ1) is 7.39. The fraction of sp³-hybridized carbons (Fsp3) is 0.667. The molecule has 1 rings (SSSR count). The van der Waals surface area contributed by atoms with Crippen molar-refractivity contribution >= 4 is 27.3 Å². The van der Waals surface area contributed by atoms with Gasteiger partial charge < -0.3 is 10.2 Å². The maximum absolute atomic E-state index is 3.52. The second-order valence-electron chi connectivity index (χ2n) is 5.21. The molecule has 0 aliphatic carbocycles. The number of nitrogens with zero attached hydrogens (tertiary/aromatic N) is 1. The Labute approximate surface area is 111 Å². The molecule has 0 aliphatic heterocycles. The molecule has 1 N–H and O–H groups in total. The van der Waals surface area contributed by atoms with Crippen LogP contribution in [0.3, 0.4) is 0 Å². The molecule has 0 aromatic carbocycles. The van der Waals surface area contributed by atoms with Gasteiger partial charge in [0.15, 0.2) is 0 Å². The van der Waals surface area contributed by atoms with Crippen LogP contribution in [0, 0.1) is 5.41 Å².